The summed E-state index contributed by atoms with van der Waals surface area (Å²) in [5, 5.41) is 28.3. The lowest BCUT2D eigenvalue weighted by Gasteiger charge is -2.08. The predicted octanol–water partition coefficient (Wildman–Crippen LogP) is 1.88. The molecule has 0 aliphatic carbocycles. The Morgan fingerprint density at radius 1 is 1.05 bits per heavy atom. The van der Waals surface area contributed by atoms with E-state index in [1.54, 1.807) is 18.2 Å². The van der Waals surface area contributed by atoms with Gasteiger partial charge in [0.15, 0.2) is 5.78 Å². The van der Waals surface area contributed by atoms with E-state index in [0.29, 0.717) is 0 Å². The van der Waals surface area contributed by atoms with E-state index in [1.807, 2.05) is 0 Å². The minimum Gasteiger partial charge on any atom is -0.508 e. The highest BCUT2D eigenvalue weighted by atomic mass is 16.5. The molecule has 0 aliphatic rings. The molecule has 0 fully saturated rings. The van der Waals surface area contributed by atoms with Crippen molar-refractivity contribution in [1.29, 1.82) is 0 Å². The van der Waals surface area contributed by atoms with Gasteiger partial charge < -0.3 is 25.5 Å². The first-order valence-corrected chi connectivity index (χ1v) is 6.12. The maximum atomic E-state index is 12.1. The molecule has 0 amide bonds. The number of phenolic OH excluding ortho intramolecular Hbond substituents is 3. The van der Waals surface area contributed by atoms with Crippen LogP contribution in [-0.4, -0.2) is 33.7 Å². The van der Waals surface area contributed by atoms with Crippen LogP contribution in [0.4, 0.5) is 0 Å². The highest BCUT2D eigenvalue weighted by molar-refractivity contribution is 6.10. The number of phenols is 3. The highest BCUT2D eigenvalue weighted by Gasteiger charge is 2.16. The first kappa shape index (κ1) is 17.1. The van der Waals surface area contributed by atoms with Crippen LogP contribution in [0.3, 0.4) is 0 Å². The van der Waals surface area contributed by atoms with E-state index >= 15 is 0 Å². The summed E-state index contributed by atoms with van der Waals surface area (Å²) >= 11 is 0. The van der Waals surface area contributed by atoms with E-state index in [4.69, 9.17) is 4.74 Å². The lowest BCUT2D eigenvalue weighted by atomic mass is 10.1. The fourth-order valence-corrected chi connectivity index (χ4v) is 1.84. The number of benzene rings is 2. The first-order valence-electron chi connectivity index (χ1n) is 6.12. The minimum absolute atomic E-state index is 0. The van der Waals surface area contributed by atoms with Gasteiger partial charge in [0.25, 0.3) is 0 Å². The molecule has 0 unspecified atom stereocenters. The van der Waals surface area contributed by atoms with Crippen molar-refractivity contribution in [3.8, 4) is 23.0 Å². The molecule has 2 aromatic carbocycles. The number of rotatable bonds is 4. The third-order valence-electron chi connectivity index (χ3n) is 2.85. The zero-order chi connectivity index (χ0) is 15.4. The van der Waals surface area contributed by atoms with Gasteiger partial charge >= 0.3 is 0 Å². The topological polar surface area (TPSA) is 118 Å². The Hall–Kier alpha value is -2.99. The predicted molar refractivity (Wildman–Crippen MR) is 81.4 cm³/mol. The van der Waals surface area contributed by atoms with Crippen LogP contribution >= 0.6 is 0 Å². The van der Waals surface area contributed by atoms with Crippen molar-refractivity contribution in [1.82, 2.24) is 0 Å². The average Bonchev–Trinajstić information content (AvgIpc) is 2.45. The van der Waals surface area contributed by atoms with Crippen molar-refractivity contribution in [3.05, 3.63) is 53.6 Å². The molecule has 6 nitrogen and oxygen atoms in total. The summed E-state index contributed by atoms with van der Waals surface area (Å²) in [5.41, 5.74) is 0.698. The number of allylic oxidation sites excluding steroid dienone is 1. The summed E-state index contributed by atoms with van der Waals surface area (Å²) in [4.78, 5) is 12.1. The summed E-state index contributed by atoms with van der Waals surface area (Å²) < 4.78 is 4.99. The molecule has 5 N–H and O–H groups in total. The molecule has 116 valence electrons. The smallest absolute Gasteiger partial charge is 0.193 e. The van der Waals surface area contributed by atoms with Crippen molar-refractivity contribution in [3.63, 3.8) is 0 Å². The van der Waals surface area contributed by atoms with Crippen LogP contribution in [-0.2, 0) is 0 Å². The largest absolute Gasteiger partial charge is 0.508 e. The first-order chi connectivity index (χ1) is 10.0. The van der Waals surface area contributed by atoms with Gasteiger partial charge in [-0.2, -0.15) is 0 Å². The van der Waals surface area contributed by atoms with Gasteiger partial charge in [0.2, 0.25) is 0 Å². The van der Waals surface area contributed by atoms with Crippen LogP contribution < -0.4 is 4.74 Å². The second kappa shape index (κ2) is 7.14. The molecular formula is C16H16O6. The highest BCUT2D eigenvalue weighted by Crippen LogP contribution is 2.33. The Kier molecular flexibility index (Phi) is 5.54. The lowest BCUT2D eigenvalue weighted by molar-refractivity contribution is 0.104. The van der Waals surface area contributed by atoms with E-state index in [9.17, 15) is 20.1 Å². The zero-order valence-electron chi connectivity index (χ0n) is 11.8. The lowest BCUT2D eigenvalue weighted by Crippen LogP contribution is -1.99. The molecular weight excluding hydrogens is 288 g/mol. The van der Waals surface area contributed by atoms with Crippen molar-refractivity contribution < 1.29 is 30.3 Å². The number of aromatic hydroxyl groups is 3. The van der Waals surface area contributed by atoms with Crippen LogP contribution in [0, 0.1) is 0 Å². The summed E-state index contributed by atoms with van der Waals surface area (Å²) in [6, 6.07) is 8.62. The van der Waals surface area contributed by atoms with Crippen LogP contribution in [0.2, 0.25) is 0 Å². The molecule has 0 saturated carbocycles. The molecule has 0 atom stereocenters. The fraction of sp³-hybridized carbons (Fsp3) is 0.0625. The molecule has 0 bridgehead atoms. The van der Waals surface area contributed by atoms with Gasteiger partial charge in [-0.05, 0) is 23.8 Å². The van der Waals surface area contributed by atoms with E-state index in [1.165, 1.54) is 31.4 Å². The Bertz CT molecular complexity index is 689. The third-order valence-corrected chi connectivity index (χ3v) is 2.85. The van der Waals surface area contributed by atoms with Gasteiger partial charge in [-0.15, -0.1) is 0 Å². The SMILES string of the molecule is COc1cc(O)cc(O)c1C(=O)/C=C/c1ccc(O)cc1.O. The molecule has 22 heavy (non-hydrogen) atoms. The van der Waals surface area contributed by atoms with Crippen molar-refractivity contribution in [2.75, 3.05) is 7.11 Å². The summed E-state index contributed by atoms with van der Waals surface area (Å²) in [5.74, 6) is -0.780. The maximum absolute atomic E-state index is 12.1. The Balaban J connectivity index is 0.00000242. The average molecular weight is 304 g/mol. The molecule has 0 aromatic heterocycles. The van der Waals surface area contributed by atoms with Gasteiger partial charge in [-0.1, -0.05) is 18.2 Å². The van der Waals surface area contributed by atoms with Gasteiger partial charge in [0.1, 0.15) is 28.6 Å². The molecule has 0 spiro atoms. The summed E-state index contributed by atoms with van der Waals surface area (Å²) in [6.07, 6.45) is 2.83. The van der Waals surface area contributed by atoms with Crippen molar-refractivity contribution in [2.45, 2.75) is 0 Å². The summed E-state index contributed by atoms with van der Waals surface area (Å²) in [6.45, 7) is 0. The molecule has 0 aliphatic heterocycles. The number of hydrogen-bond acceptors (Lipinski definition) is 5. The molecule has 0 saturated heterocycles. The maximum Gasteiger partial charge on any atom is 0.193 e. The van der Waals surface area contributed by atoms with Crippen molar-refractivity contribution >= 4 is 11.9 Å². The molecule has 0 radical (unpaired) electrons. The van der Waals surface area contributed by atoms with E-state index in [0.717, 1.165) is 11.6 Å². The second-order valence-electron chi connectivity index (χ2n) is 4.33. The Labute approximate surface area is 126 Å². The molecule has 2 aromatic rings. The monoisotopic (exact) mass is 304 g/mol. The van der Waals surface area contributed by atoms with E-state index in [2.05, 4.69) is 0 Å². The van der Waals surface area contributed by atoms with Crippen LogP contribution in [0.1, 0.15) is 15.9 Å². The number of ketones is 1. The number of carbonyl (C=O) groups is 1. The van der Waals surface area contributed by atoms with Gasteiger partial charge in [0.05, 0.1) is 7.11 Å². The van der Waals surface area contributed by atoms with E-state index in [-0.39, 0.29) is 34.0 Å². The zero-order valence-corrected chi connectivity index (χ0v) is 11.8. The van der Waals surface area contributed by atoms with Gasteiger partial charge in [0, 0.05) is 12.1 Å². The number of hydrogen-bond donors (Lipinski definition) is 3. The van der Waals surface area contributed by atoms with Crippen molar-refractivity contribution in [2.24, 2.45) is 0 Å². The van der Waals surface area contributed by atoms with Gasteiger partial charge in [-0.25, -0.2) is 0 Å². The fourth-order valence-electron chi connectivity index (χ4n) is 1.84. The Morgan fingerprint density at radius 3 is 2.27 bits per heavy atom. The standard InChI is InChI=1S/C16H14O5.H2O/c1-21-15-9-12(18)8-14(20)16(15)13(19)7-4-10-2-5-11(17)6-3-10;/h2-9,17-18,20H,1H3;1H2/b7-4+;. The van der Waals surface area contributed by atoms with Crippen LogP contribution in [0.5, 0.6) is 23.0 Å². The minimum atomic E-state index is -0.461. The Morgan fingerprint density at radius 2 is 1.68 bits per heavy atom. The number of carbonyl (C=O) groups excluding carboxylic acids is 1. The third kappa shape index (κ3) is 3.77. The number of methoxy groups -OCH3 is 1. The molecule has 6 heteroatoms. The number of ether oxygens (including phenoxy) is 1. The normalized spacial score (nSPS) is 10.2. The second-order valence-corrected chi connectivity index (χ2v) is 4.33. The summed E-state index contributed by atoms with van der Waals surface area (Å²) in [7, 11) is 1.34. The van der Waals surface area contributed by atoms with Crippen LogP contribution in [0.15, 0.2) is 42.5 Å². The molecule has 2 rings (SSSR count). The van der Waals surface area contributed by atoms with Gasteiger partial charge in [-0.3, -0.25) is 4.79 Å². The van der Waals surface area contributed by atoms with E-state index < -0.39 is 5.78 Å². The quantitative estimate of drug-likeness (QED) is 0.588. The van der Waals surface area contributed by atoms with Crippen LogP contribution in [0.25, 0.3) is 6.08 Å². The molecule has 0 heterocycles.